The predicted molar refractivity (Wildman–Crippen MR) is 119 cm³/mol. The zero-order valence-electron chi connectivity index (χ0n) is 17.3. The fraction of sp³-hybridized carbons (Fsp3) is 0.391. The Labute approximate surface area is 180 Å². The molecular formula is C23H27BrN2O3. The molecule has 1 aliphatic rings. The van der Waals surface area contributed by atoms with Crippen LogP contribution in [0, 0.1) is 12.8 Å². The van der Waals surface area contributed by atoms with Gasteiger partial charge in [0.15, 0.2) is 6.61 Å². The lowest BCUT2D eigenvalue weighted by Crippen LogP contribution is -2.22. The first-order chi connectivity index (χ1) is 13.6. The van der Waals surface area contributed by atoms with Gasteiger partial charge in [0, 0.05) is 27.3 Å². The van der Waals surface area contributed by atoms with Crippen LogP contribution in [0.3, 0.4) is 0 Å². The summed E-state index contributed by atoms with van der Waals surface area (Å²) in [6, 6.07) is 11.3. The predicted octanol–water partition coefficient (Wildman–Crippen LogP) is 5.42. The van der Waals surface area contributed by atoms with E-state index in [1.54, 1.807) is 0 Å². The van der Waals surface area contributed by atoms with Gasteiger partial charge in [-0.3, -0.25) is 9.59 Å². The van der Waals surface area contributed by atoms with Gasteiger partial charge in [-0.15, -0.1) is 0 Å². The van der Waals surface area contributed by atoms with E-state index in [1.807, 2.05) is 43.3 Å². The summed E-state index contributed by atoms with van der Waals surface area (Å²) in [7, 11) is 0. The minimum atomic E-state index is -0.249. The molecule has 6 heteroatoms. The molecule has 154 valence electrons. The summed E-state index contributed by atoms with van der Waals surface area (Å²) >= 11 is 3.49. The number of nitrogens with one attached hydrogen (secondary N) is 2. The second-order valence-corrected chi connectivity index (χ2v) is 9.38. The van der Waals surface area contributed by atoms with Crippen LogP contribution in [0.15, 0.2) is 40.9 Å². The highest BCUT2D eigenvalue weighted by atomic mass is 79.9. The fourth-order valence-corrected chi connectivity index (χ4v) is 3.39. The Balaban J connectivity index is 1.65. The van der Waals surface area contributed by atoms with Crippen molar-refractivity contribution in [2.24, 2.45) is 5.92 Å². The molecule has 5 nitrogen and oxygen atoms in total. The van der Waals surface area contributed by atoms with Crippen molar-refractivity contribution in [2.75, 3.05) is 17.2 Å². The summed E-state index contributed by atoms with van der Waals surface area (Å²) in [4.78, 5) is 24.5. The SMILES string of the molecule is Cc1c(NC(=O)COc2ccc(Br)cc2C(C)(C)C)cccc1NC(=O)C1CC1. The highest BCUT2D eigenvalue weighted by Gasteiger charge is 2.30. The van der Waals surface area contributed by atoms with E-state index in [0.717, 1.165) is 34.1 Å². The standard InChI is InChI=1S/C23H27BrN2O3/c1-14-18(6-5-7-19(14)26-22(28)15-8-9-15)25-21(27)13-29-20-11-10-16(24)12-17(20)23(2,3)4/h5-7,10-12,15H,8-9,13H2,1-4H3,(H,25,27)(H,26,28). The van der Waals surface area contributed by atoms with E-state index >= 15 is 0 Å². The third kappa shape index (κ3) is 5.60. The van der Waals surface area contributed by atoms with Gasteiger partial charge in [0.1, 0.15) is 5.75 Å². The molecule has 2 N–H and O–H groups in total. The Morgan fingerprint density at radius 3 is 2.38 bits per heavy atom. The van der Waals surface area contributed by atoms with Crippen LogP contribution in [0.5, 0.6) is 5.75 Å². The number of benzene rings is 2. The van der Waals surface area contributed by atoms with Crippen LogP contribution in [0.2, 0.25) is 0 Å². The quantitative estimate of drug-likeness (QED) is 0.606. The van der Waals surface area contributed by atoms with Crippen LogP contribution >= 0.6 is 15.9 Å². The Morgan fingerprint density at radius 1 is 1.10 bits per heavy atom. The average Bonchev–Trinajstić information content (AvgIpc) is 3.48. The fourth-order valence-electron chi connectivity index (χ4n) is 3.03. The van der Waals surface area contributed by atoms with Crippen molar-refractivity contribution in [1.29, 1.82) is 0 Å². The molecule has 0 unspecified atom stereocenters. The summed E-state index contributed by atoms with van der Waals surface area (Å²) < 4.78 is 6.80. The maximum absolute atomic E-state index is 12.5. The number of halogens is 1. The number of carbonyl (C=O) groups excluding carboxylic acids is 2. The third-order valence-corrected chi connectivity index (χ3v) is 5.42. The van der Waals surface area contributed by atoms with Gasteiger partial charge >= 0.3 is 0 Å². The zero-order valence-corrected chi connectivity index (χ0v) is 18.9. The van der Waals surface area contributed by atoms with E-state index in [2.05, 4.69) is 47.3 Å². The van der Waals surface area contributed by atoms with E-state index in [4.69, 9.17) is 4.74 Å². The first kappa shape index (κ1) is 21.4. The van der Waals surface area contributed by atoms with Crippen molar-refractivity contribution in [3.63, 3.8) is 0 Å². The smallest absolute Gasteiger partial charge is 0.262 e. The van der Waals surface area contributed by atoms with Crippen molar-refractivity contribution >= 4 is 39.1 Å². The monoisotopic (exact) mass is 458 g/mol. The number of anilines is 2. The van der Waals surface area contributed by atoms with Gasteiger partial charge in [0.2, 0.25) is 5.91 Å². The lowest BCUT2D eigenvalue weighted by atomic mass is 9.86. The van der Waals surface area contributed by atoms with Gasteiger partial charge in [-0.2, -0.15) is 0 Å². The lowest BCUT2D eigenvalue weighted by Gasteiger charge is -2.23. The molecule has 1 fully saturated rings. The summed E-state index contributed by atoms with van der Waals surface area (Å²) in [6.45, 7) is 8.10. The maximum atomic E-state index is 12.5. The molecule has 3 rings (SSSR count). The van der Waals surface area contributed by atoms with E-state index in [0.29, 0.717) is 11.4 Å². The molecule has 1 aliphatic carbocycles. The Morgan fingerprint density at radius 2 is 1.76 bits per heavy atom. The van der Waals surface area contributed by atoms with Crippen LogP contribution in [0.25, 0.3) is 0 Å². The molecule has 29 heavy (non-hydrogen) atoms. The van der Waals surface area contributed by atoms with Crippen molar-refractivity contribution in [3.05, 3.63) is 52.0 Å². The molecule has 2 amide bonds. The van der Waals surface area contributed by atoms with Gasteiger partial charge < -0.3 is 15.4 Å². The van der Waals surface area contributed by atoms with Crippen LogP contribution in [-0.2, 0) is 15.0 Å². The summed E-state index contributed by atoms with van der Waals surface area (Å²) in [5, 5.41) is 5.83. The molecule has 0 saturated heterocycles. The maximum Gasteiger partial charge on any atom is 0.262 e. The minimum Gasteiger partial charge on any atom is -0.483 e. The second-order valence-electron chi connectivity index (χ2n) is 8.47. The zero-order chi connectivity index (χ0) is 21.2. The van der Waals surface area contributed by atoms with Gasteiger partial charge in [-0.05, 0) is 61.1 Å². The number of carbonyl (C=O) groups is 2. The second kappa shape index (κ2) is 8.57. The number of hydrogen-bond donors (Lipinski definition) is 2. The minimum absolute atomic E-state index is 0.0462. The molecule has 0 aliphatic heterocycles. The van der Waals surface area contributed by atoms with E-state index < -0.39 is 0 Å². The molecule has 0 aromatic heterocycles. The molecule has 1 saturated carbocycles. The van der Waals surface area contributed by atoms with E-state index in [1.165, 1.54) is 0 Å². The number of hydrogen-bond acceptors (Lipinski definition) is 3. The number of rotatable bonds is 6. The normalized spacial score (nSPS) is 13.7. The van der Waals surface area contributed by atoms with E-state index in [-0.39, 0.29) is 29.8 Å². The van der Waals surface area contributed by atoms with Crippen molar-refractivity contribution in [1.82, 2.24) is 0 Å². The number of amides is 2. The van der Waals surface area contributed by atoms with Crippen LogP contribution in [0.4, 0.5) is 11.4 Å². The highest BCUT2D eigenvalue weighted by molar-refractivity contribution is 9.10. The molecule has 0 atom stereocenters. The Hall–Kier alpha value is -2.34. The first-order valence-corrected chi connectivity index (χ1v) is 10.6. The van der Waals surface area contributed by atoms with Crippen LogP contribution in [0.1, 0.15) is 44.7 Å². The average molecular weight is 459 g/mol. The van der Waals surface area contributed by atoms with Crippen molar-refractivity contribution in [2.45, 2.75) is 46.0 Å². The van der Waals surface area contributed by atoms with Crippen LogP contribution < -0.4 is 15.4 Å². The molecule has 0 bridgehead atoms. The van der Waals surface area contributed by atoms with Crippen molar-refractivity contribution in [3.8, 4) is 5.75 Å². The first-order valence-electron chi connectivity index (χ1n) is 9.78. The largest absolute Gasteiger partial charge is 0.483 e. The summed E-state index contributed by atoms with van der Waals surface area (Å²) in [5.41, 5.74) is 3.14. The number of ether oxygens (including phenoxy) is 1. The van der Waals surface area contributed by atoms with Gasteiger partial charge in [0.05, 0.1) is 0 Å². The highest BCUT2D eigenvalue weighted by Crippen LogP contribution is 2.34. The molecule has 2 aromatic rings. The van der Waals surface area contributed by atoms with Gasteiger partial charge in [-0.25, -0.2) is 0 Å². The Bertz CT molecular complexity index is 930. The lowest BCUT2D eigenvalue weighted by molar-refractivity contribution is -0.118. The molecule has 0 heterocycles. The van der Waals surface area contributed by atoms with E-state index in [9.17, 15) is 9.59 Å². The molecule has 0 radical (unpaired) electrons. The summed E-state index contributed by atoms with van der Waals surface area (Å²) in [5.74, 6) is 0.619. The van der Waals surface area contributed by atoms with Crippen molar-refractivity contribution < 1.29 is 14.3 Å². The molecule has 0 spiro atoms. The summed E-state index contributed by atoms with van der Waals surface area (Å²) in [6.07, 6.45) is 1.90. The third-order valence-electron chi connectivity index (χ3n) is 4.92. The van der Waals surface area contributed by atoms with Crippen LogP contribution in [-0.4, -0.2) is 18.4 Å². The van der Waals surface area contributed by atoms with Gasteiger partial charge in [-0.1, -0.05) is 42.8 Å². The Kier molecular flexibility index (Phi) is 6.32. The van der Waals surface area contributed by atoms with Gasteiger partial charge in [0.25, 0.3) is 5.91 Å². The molecular weight excluding hydrogens is 432 g/mol. The molecule has 2 aromatic carbocycles. The topological polar surface area (TPSA) is 67.4 Å².